The van der Waals surface area contributed by atoms with Crippen LogP contribution in [-0.4, -0.2) is 33.6 Å². The van der Waals surface area contributed by atoms with Crippen molar-refractivity contribution < 1.29 is 0 Å². The van der Waals surface area contributed by atoms with Gasteiger partial charge in [-0.05, 0) is 24.6 Å². The third-order valence-corrected chi connectivity index (χ3v) is 4.78. The van der Waals surface area contributed by atoms with Crippen molar-refractivity contribution in [1.29, 1.82) is 0 Å². The molecule has 4 aromatic rings. The van der Waals surface area contributed by atoms with E-state index in [9.17, 15) is 4.79 Å². The Balaban J connectivity index is 1.81. The summed E-state index contributed by atoms with van der Waals surface area (Å²) in [5.41, 5.74) is 4.71. The highest BCUT2D eigenvalue weighted by Crippen LogP contribution is 2.24. The van der Waals surface area contributed by atoms with Crippen LogP contribution in [0.2, 0.25) is 0 Å². The Bertz CT molecular complexity index is 1130. The second kappa shape index (κ2) is 6.72. The third kappa shape index (κ3) is 3.10. The lowest BCUT2D eigenvalue weighted by Gasteiger charge is -2.14. The van der Waals surface area contributed by atoms with Crippen LogP contribution in [0, 0.1) is 0 Å². The predicted molar refractivity (Wildman–Crippen MR) is 108 cm³/mol. The number of imidazole rings is 1. The molecule has 27 heavy (non-hydrogen) atoms. The van der Waals surface area contributed by atoms with Crippen LogP contribution in [-0.2, 0) is 0 Å². The summed E-state index contributed by atoms with van der Waals surface area (Å²) in [4.78, 5) is 26.6. The first-order valence-electron chi connectivity index (χ1n) is 8.84. The fourth-order valence-corrected chi connectivity index (χ4v) is 3.20. The molecule has 1 N–H and O–H groups in total. The van der Waals surface area contributed by atoms with E-state index in [4.69, 9.17) is 4.98 Å². The second-order valence-corrected chi connectivity index (χ2v) is 6.76. The molecule has 136 valence electrons. The average Bonchev–Trinajstić information content (AvgIpc) is 3.03. The van der Waals surface area contributed by atoms with Gasteiger partial charge in [0.05, 0.1) is 17.9 Å². The zero-order valence-corrected chi connectivity index (χ0v) is 15.5. The summed E-state index contributed by atoms with van der Waals surface area (Å²) < 4.78 is 1.66. The summed E-state index contributed by atoms with van der Waals surface area (Å²) in [6, 6.07) is 17.9. The zero-order valence-electron chi connectivity index (χ0n) is 15.5. The van der Waals surface area contributed by atoms with Crippen molar-refractivity contribution >= 4 is 17.0 Å². The number of benzene rings is 2. The molecule has 4 rings (SSSR count). The maximum absolute atomic E-state index is 12.5. The summed E-state index contributed by atoms with van der Waals surface area (Å²) in [7, 11) is 4.01. The smallest absolute Gasteiger partial charge is 0.329 e. The minimum atomic E-state index is -0.207. The van der Waals surface area contributed by atoms with Gasteiger partial charge in [-0.1, -0.05) is 42.5 Å². The van der Waals surface area contributed by atoms with Gasteiger partial charge in [0, 0.05) is 25.3 Å². The van der Waals surface area contributed by atoms with Gasteiger partial charge < -0.3 is 4.90 Å². The number of nitrogens with one attached hydrogen (secondary N) is 1. The highest BCUT2D eigenvalue weighted by Gasteiger charge is 2.17. The van der Waals surface area contributed by atoms with Gasteiger partial charge >= 0.3 is 5.69 Å². The summed E-state index contributed by atoms with van der Waals surface area (Å²) in [5, 5.41) is 0. The summed E-state index contributed by atoms with van der Waals surface area (Å²) in [6.45, 7) is 1.99. The van der Waals surface area contributed by atoms with Crippen LogP contribution in [0.5, 0.6) is 0 Å². The fraction of sp³-hybridized carbons (Fsp3) is 0.190. The molecule has 0 spiro atoms. The number of H-pyrrole nitrogens is 1. The van der Waals surface area contributed by atoms with Crippen molar-refractivity contribution in [2.45, 2.75) is 13.0 Å². The van der Waals surface area contributed by atoms with Crippen LogP contribution in [0.25, 0.3) is 22.6 Å². The number of hydrogen-bond donors (Lipinski definition) is 1. The number of aromatic nitrogens is 4. The lowest BCUT2D eigenvalue weighted by molar-refractivity contribution is 0.631. The summed E-state index contributed by atoms with van der Waals surface area (Å²) in [6.07, 6.45) is 1.69. The molecular formula is C21H21N5O. The Kier molecular flexibility index (Phi) is 4.24. The van der Waals surface area contributed by atoms with Crippen molar-refractivity contribution in [3.8, 4) is 11.3 Å². The number of hydrogen-bond acceptors (Lipinski definition) is 4. The van der Waals surface area contributed by atoms with Crippen LogP contribution < -0.4 is 10.6 Å². The van der Waals surface area contributed by atoms with Gasteiger partial charge in [0.2, 0.25) is 0 Å². The van der Waals surface area contributed by atoms with E-state index in [2.05, 4.69) is 9.97 Å². The Morgan fingerprint density at radius 1 is 1.04 bits per heavy atom. The number of aromatic amines is 1. The number of anilines is 1. The Hall–Kier alpha value is -3.41. The zero-order chi connectivity index (χ0) is 19.0. The monoisotopic (exact) mass is 359 g/mol. The maximum atomic E-state index is 12.5. The van der Waals surface area contributed by atoms with Crippen molar-refractivity contribution in [2.75, 3.05) is 19.0 Å². The van der Waals surface area contributed by atoms with Gasteiger partial charge in [-0.2, -0.15) is 0 Å². The molecule has 2 heterocycles. The molecule has 0 radical (unpaired) electrons. The molecule has 6 heteroatoms. The van der Waals surface area contributed by atoms with Gasteiger partial charge in [0.25, 0.3) is 0 Å². The standard InChI is InChI=1S/C21H21N5O/c1-14(15-7-5-4-6-8-15)26-20-19(24-21(26)27)22-13-18(23-20)16-9-11-17(12-10-16)25(2)3/h4-14H,1-3H3,(H,22,24,27)/t14-/m1/s1. The van der Waals surface area contributed by atoms with E-state index < -0.39 is 0 Å². The first-order valence-corrected chi connectivity index (χ1v) is 8.84. The summed E-state index contributed by atoms with van der Waals surface area (Å²) >= 11 is 0. The SMILES string of the molecule is C[C@H](c1ccccc1)n1c(=O)[nH]c2ncc(-c3ccc(N(C)C)cc3)nc21. The van der Waals surface area contributed by atoms with E-state index in [-0.39, 0.29) is 11.7 Å². The van der Waals surface area contributed by atoms with Crippen LogP contribution in [0.3, 0.4) is 0 Å². The van der Waals surface area contributed by atoms with Crippen molar-refractivity contribution in [1.82, 2.24) is 19.5 Å². The van der Waals surface area contributed by atoms with Gasteiger partial charge in [-0.3, -0.25) is 9.55 Å². The lowest BCUT2D eigenvalue weighted by Crippen LogP contribution is -2.21. The average molecular weight is 359 g/mol. The lowest BCUT2D eigenvalue weighted by atomic mass is 10.1. The summed E-state index contributed by atoms with van der Waals surface area (Å²) in [5.74, 6) is 0. The Labute approximate surface area is 157 Å². The van der Waals surface area contributed by atoms with Crippen molar-refractivity contribution in [3.05, 3.63) is 76.8 Å². The number of fused-ring (bicyclic) bond motifs is 1. The molecule has 0 aliphatic heterocycles. The molecule has 0 bridgehead atoms. The minimum absolute atomic E-state index is 0.145. The molecule has 6 nitrogen and oxygen atoms in total. The van der Waals surface area contributed by atoms with Crippen LogP contribution in [0.4, 0.5) is 5.69 Å². The maximum Gasteiger partial charge on any atom is 0.329 e. The third-order valence-electron chi connectivity index (χ3n) is 4.78. The molecule has 0 saturated carbocycles. The number of rotatable bonds is 4. The van der Waals surface area contributed by atoms with E-state index in [0.29, 0.717) is 11.3 Å². The largest absolute Gasteiger partial charge is 0.378 e. The van der Waals surface area contributed by atoms with E-state index in [1.165, 1.54) is 0 Å². The van der Waals surface area contributed by atoms with E-state index in [1.807, 2.05) is 80.5 Å². The molecule has 2 aromatic heterocycles. The van der Waals surface area contributed by atoms with Crippen molar-refractivity contribution in [2.24, 2.45) is 0 Å². The molecule has 0 saturated heterocycles. The molecule has 0 aliphatic carbocycles. The van der Waals surface area contributed by atoms with Crippen LogP contribution >= 0.6 is 0 Å². The van der Waals surface area contributed by atoms with Gasteiger partial charge in [0.1, 0.15) is 0 Å². The van der Waals surface area contributed by atoms with Gasteiger partial charge in [-0.25, -0.2) is 14.8 Å². The minimum Gasteiger partial charge on any atom is -0.378 e. The van der Waals surface area contributed by atoms with Crippen LogP contribution in [0.1, 0.15) is 18.5 Å². The quantitative estimate of drug-likeness (QED) is 0.606. The first-order chi connectivity index (χ1) is 13.0. The molecule has 0 amide bonds. The normalized spacial score (nSPS) is 12.3. The van der Waals surface area contributed by atoms with E-state index in [1.54, 1.807) is 10.8 Å². The highest BCUT2D eigenvalue weighted by atomic mass is 16.1. The molecule has 0 fully saturated rings. The topological polar surface area (TPSA) is 66.8 Å². The molecule has 0 aliphatic rings. The van der Waals surface area contributed by atoms with E-state index in [0.717, 1.165) is 22.5 Å². The molecule has 1 atom stereocenters. The fourth-order valence-electron chi connectivity index (χ4n) is 3.20. The Morgan fingerprint density at radius 3 is 2.41 bits per heavy atom. The molecule has 2 aromatic carbocycles. The van der Waals surface area contributed by atoms with Gasteiger partial charge in [-0.15, -0.1) is 0 Å². The Morgan fingerprint density at radius 2 is 1.74 bits per heavy atom. The predicted octanol–water partition coefficient (Wildman–Crippen LogP) is 3.46. The van der Waals surface area contributed by atoms with Crippen LogP contribution in [0.15, 0.2) is 65.6 Å². The van der Waals surface area contributed by atoms with Crippen molar-refractivity contribution in [3.63, 3.8) is 0 Å². The van der Waals surface area contributed by atoms with E-state index >= 15 is 0 Å². The molecule has 0 unspecified atom stereocenters. The second-order valence-electron chi connectivity index (χ2n) is 6.76. The molecular weight excluding hydrogens is 338 g/mol. The number of nitrogens with zero attached hydrogens (tertiary/aromatic N) is 4. The first kappa shape index (κ1) is 17.0. The van der Waals surface area contributed by atoms with Gasteiger partial charge in [0.15, 0.2) is 11.3 Å². The highest BCUT2D eigenvalue weighted by molar-refractivity contribution is 5.72.